The minimum absolute atomic E-state index is 0.147. The van der Waals surface area contributed by atoms with Crippen LogP contribution in [0, 0.1) is 11.3 Å². The Morgan fingerprint density at radius 1 is 1.16 bits per heavy atom. The number of benzene rings is 1. The van der Waals surface area contributed by atoms with Crippen molar-refractivity contribution < 1.29 is 9.52 Å². The van der Waals surface area contributed by atoms with Crippen LogP contribution in [0.1, 0.15) is 63.9 Å². The predicted molar refractivity (Wildman–Crippen MR) is 97.9 cm³/mol. The molecule has 25 heavy (non-hydrogen) atoms. The molecule has 0 aliphatic carbocycles. The Morgan fingerprint density at radius 2 is 1.72 bits per heavy atom. The molecule has 1 heterocycles. The van der Waals surface area contributed by atoms with Crippen molar-refractivity contribution in [1.82, 2.24) is 4.98 Å². The van der Waals surface area contributed by atoms with Crippen molar-refractivity contribution in [2.75, 3.05) is 5.43 Å². The molecule has 0 bridgehead atoms. The Balaban J connectivity index is 2.41. The summed E-state index contributed by atoms with van der Waals surface area (Å²) in [5.41, 5.74) is 4.98. The highest BCUT2D eigenvalue weighted by molar-refractivity contribution is 5.82. The summed E-state index contributed by atoms with van der Waals surface area (Å²) in [5.74, 6) is 0.525. The van der Waals surface area contributed by atoms with Gasteiger partial charge in [-0.25, -0.2) is 10.4 Å². The predicted octanol–water partition coefficient (Wildman–Crippen LogP) is 4.29. The summed E-state index contributed by atoms with van der Waals surface area (Å²) < 4.78 is 5.07. The average Bonchev–Trinajstić information content (AvgIpc) is 2.93. The van der Waals surface area contributed by atoms with Gasteiger partial charge in [0.25, 0.3) is 5.88 Å². The smallest absolute Gasteiger partial charge is 0.251 e. The number of nitrogens with zero attached hydrogens (tertiary/aromatic N) is 3. The molecule has 0 fully saturated rings. The van der Waals surface area contributed by atoms with Crippen molar-refractivity contribution in [3.05, 3.63) is 40.9 Å². The second kappa shape index (κ2) is 6.60. The number of oxazole rings is 1. The number of anilines is 1. The number of hydrazone groups is 1. The van der Waals surface area contributed by atoms with Crippen LogP contribution in [0.25, 0.3) is 0 Å². The summed E-state index contributed by atoms with van der Waals surface area (Å²) in [7, 11) is 0. The van der Waals surface area contributed by atoms with Crippen molar-refractivity contribution in [1.29, 1.82) is 5.26 Å². The normalized spacial score (nSPS) is 12.4. The van der Waals surface area contributed by atoms with Gasteiger partial charge in [-0.3, -0.25) is 0 Å². The third-order valence-corrected chi connectivity index (χ3v) is 3.80. The van der Waals surface area contributed by atoms with E-state index in [9.17, 15) is 5.11 Å². The van der Waals surface area contributed by atoms with E-state index < -0.39 is 0 Å². The van der Waals surface area contributed by atoms with Gasteiger partial charge in [-0.15, -0.1) is 0 Å². The second-order valence-electron chi connectivity index (χ2n) is 7.98. The molecule has 132 valence electrons. The van der Waals surface area contributed by atoms with Crippen LogP contribution < -0.4 is 5.43 Å². The topological polar surface area (TPSA) is 94.4 Å². The highest BCUT2D eigenvalue weighted by atomic mass is 16.4. The van der Waals surface area contributed by atoms with Gasteiger partial charge in [0, 0.05) is 11.1 Å². The molecule has 0 saturated carbocycles. The monoisotopic (exact) mass is 340 g/mol. The lowest BCUT2D eigenvalue weighted by atomic mass is 9.78. The summed E-state index contributed by atoms with van der Waals surface area (Å²) in [5, 5.41) is 23.8. The Labute approximate surface area is 148 Å². The molecule has 1 aromatic heterocycles. The summed E-state index contributed by atoms with van der Waals surface area (Å²) in [6, 6.07) is 5.75. The van der Waals surface area contributed by atoms with E-state index in [0.717, 1.165) is 16.7 Å². The fraction of sp³-hybridized carbons (Fsp3) is 0.421. The first-order valence-electron chi connectivity index (χ1n) is 8.04. The van der Waals surface area contributed by atoms with Crippen molar-refractivity contribution >= 4 is 12.1 Å². The molecule has 2 N–H and O–H groups in total. The van der Waals surface area contributed by atoms with E-state index in [1.165, 1.54) is 6.39 Å². The van der Waals surface area contributed by atoms with Crippen LogP contribution in [0.5, 0.6) is 5.75 Å². The van der Waals surface area contributed by atoms with Crippen LogP contribution in [0.4, 0.5) is 5.88 Å². The zero-order chi connectivity index (χ0) is 18.8. The third kappa shape index (κ3) is 4.18. The fourth-order valence-corrected chi connectivity index (χ4v) is 2.45. The maximum Gasteiger partial charge on any atom is 0.251 e. The van der Waals surface area contributed by atoms with E-state index in [4.69, 9.17) is 9.68 Å². The molecule has 0 radical (unpaired) electrons. The number of aromatic nitrogens is 1. The van der Waals surface area contributed by atoms with Crippen LogP contribution in [-0.4, -0.2) is 16.3 Å². The SMILES string of the molecule is CC(C)(C)c1cc(/C=N\Nc2ocnc2C#N)cc(C(C)(C)C)c1O. The molecule has 0 saturated heterocycles. The fourth-order valence-electron chi connectivity index (χ4n) is 2.45. The molecule has 6 heteroatoms. The Bertz CT molecular complexity index is 795. The number of phenolic OH excluding ortho intramolecular Hbond substituents is 1. The van der Waals surface area contributed by atoms with Crippen molar-refractivity contribution in [3.63, 3.8) is 0 Å². The van der Waals surface area contributed by atoms with E-state index in [0.29, 0.717) is 5.75 Å². The number of rotatable bonds is 3. The third-order valence-electron chi connectivity index (χ3n) is 3.80. The lowest BCUT2D eigenvalue weighted by molar-refractivity contribution is 0.423. The van der Waals surface area contributed by atoms with Crippen LogP contribution in [0.15, 0.2) is 28.0 Å². The van der Waals surface area contributed by atoms with E-state index in [-0.39, 0.29) is 22.4 Å². The van der Waals surface area contributed by atoms with Crippen LogP contribution in [0.2, 0.25) is 0 Å². The lowest BCUT2D eigenvalue weighted by Crippen LogP contribution is -2.17. The molecular formula is C19H24N4O2. The number of hydrogen-bond donors (Lipinski definition) is 2. The highest BCUT2D eigenvalue weighted by Crippen LogP contribution is 2.39. The first-order valence-corrected chi connectivity index (χ1v) is 8.04. The van der Waals surface area contributed by atoms with Crippen molar-refractivity contribution in [3.8, 4) is 11.8 Å². The maximum absolute atomic E-state index is 10.7. The van der Waals surface area contributed by atoms with Crippen molar-refractivity contribution in [2.24, 2.45) is 5.10 Å². The highest BCUT2D eigenvalue weighted by Gasteiger charge is 2.26. The minimum atomic E-state index is -0.208. The van der Waals surface area contributed by atoms with E-state index in [1.807, 2.05) is 18.2 Å². The molecule has 0 amide bonds. The molecule has 0 spiro atoms. The quantitative estimate of drug-likeness (QED) is 0.642. The Kier molecular flexibility index (Phi) is 4.89. The van der Waals surface area contributed by atoms with Gasteiger partial charge in [-0.1, -0.05) is 41.5 Å². The van der Waals surface area contributed by atoms with Gasteiger partial charge >= 0.3 is 0 Å². The second-order valence-corrected chi connectivity index (χ2v) is 7.98. The first-order chi connectivity index (χ1) is 11.5. The zero-order valence-corrected chi connectivity index (χ0v) is 15.5. The molecule has 6 nitrogen and oxygen atoms in total. The summed E-state index contributed by atoms with van der Waals surface area (Å²) in [6.45, 7) is 12.3. The van der Waals surface area contributed by atoms with Gasteiger partial charge in [0.1, 0.15) is 11.8 Å². The molecule has 0 aliphatic rings. The van der Waals surface area contributed by atoms with Gasteiger partial charge in [0.2, 0.25) is 5.69 Å². The molecule has 0 atom stereocenters. The van der Waals surface area contributed by atoms with Gasteiger partial charge < -0.3 is 9.52 Å². The summed E-state index contributed by atoms with van der Waals surface area (Å²) >= 11 is 0. The number of nitriles is 1. The van der Waals surface area contributed by atoms with Crippen LogP contribution >= 0.6 is 0 Å². The molecule has 2 aromatic rings. The molecular weight excluding hydrogens is 316 g/mol. The summed E-state index contributed by atoms with van der Waals surface area (Å²) in [6.07, 6.45) is 2.82. The number of hydrogen-bond acceptors (Lipinski definition) is 6. The number of phenols is 1. The van der Waals surface area contributed by atoms with E-state index in [2.05, 4.69) is 57.1 Å². The molecule has 1 aromatic carbocycles. The van der Waals surface area contributed by atoms with Gasteiger partial charge in [0.15, 0.2) is 6.39 Å². The van der Waals surface area contributed by atoms with E-state index >= 15 is 0 Å². The zero-order valence-electron chi connectivity index (χ0n) is 15.5. The first kappa shape index (κ1) is 18.5. The molecule has 0 aliphatic heterocycles. The van der Waals surface area contributed by atoms with Gasteiger partial charge in [-0.2, -0.15) is 10.4 Å². The van der Waals surface area contributed by atoms with Gasteiger partial charge in [-0.05, 0) is 28.5 Å². The average molecular weight is 340 g/mol. The summed E-state index contributed by atoms with van der Waals surface area (Å²) in [4.78, 5) is 3.77. The van der Waals surface area contributed by atoms with Crippen LogP contribution in [0.3, 0.4) is 0 Å². The lowest BCUT2D eigenvalue weighted by Gasteiger charge is -2.27. The minimum Gasteiger partial charge on any atom is -0.507 e. The molecule has 0 unspecified atom stereocenters. The molecule has 2 rings (SSSR count). The Hall–Kier alpha value is -2.81. The number of aromatic hydroxyl groups is 1. The largest absolute Gasteiger partial charge is 0.507 e. The number of nitrogens with one attached hydrogen (secondary N) is 1. The van der Waals surface area contributed by atoms with E-state index in [1.54, 1.807) is 6.21 Å². The standard InChI is InChI=1S/C19H24N4O2/c1-18(2,3)13-7-12(8-14(16(13)24)19(4,5)6)10-22-23-17-15(9-20)21-11-25-17/h7-8,10-11,23-24H,1-6H3/b22-10-. The van der Waals surface area contributed by atoms with Crippen molar-refractivity contribution in [2.45, 2.75) is 52.4 Å². The van der Waals surface area contributed by atoms with Crippen LogP contribution in [-0.2, 0) is 10.8 Å². The Morgan fingerprint density at radius 3 is 2.20 bits per heavy atom. The van der Waals surface area contributed by atoms with Gasteiger partial charge in [0.05, 0.1) is 6.21 Å². The maximum atomic E-state index is 10.7.